The Morgan fingerprint density at radius 1 is 1.39 bits per heavy atom. The fraction of sp³-hybridized carbons (Fsp3) is 0.429. The fourth-order valence-corrected chi connectivity index (χ4v) is 3.07. The molecule has 23 heavy (non-hydrogen) atoms. The van der Waals surface area contributed by atoms with Gasteiger partial charge in [0.25, 0.3) is 0 Å². The second kappa shape index (κ2) is 6.17. The molecule has 0 bridgehead atoms. The molecule has 1 aromatic carbocycles. The monoisotopic (exact) mass is 342 g/mol. The van der Waals surface area contributed by atoms with E-state index in [4.69, 9.17) is 9.88 Å². The second-order valence-corrected chi connectivity index (χ2v) is 7.13. The zero-order chi connectivity index (χ0) is 17.3. The molecule has 1 aromatic rings. The Morgan fingerprint density at radius 2 is 2.04 bits per heavy atom. The van der Waals surface area contributed by atoms with Crippen LogP contribution >= 0.6 is 0 Å². The van der Waals surface area contributed by atoms with Gasteiger partial charge in [0.05, 0.1) is 23.1 Å². The lowest BCUT2D eigenvalue weighted by molar-refractivity contribution is -0.157. The maximum Gasteiger partial charge on any atom is 0.310 e. The zero-order valence-electron chi connectivity index (χ0n) is 12.5. The van der Waals surface area contributed by atoms with Gasteiger partial charge in [-0.05, 0) is 31.0 Å². The van der Waals surface area contributed by atoms with Gasteiger partial charge in [0.2, 0.25) is 15.9 Å². The number of nitrogens with one attached hydrogen (secondary N) is 1. The van der Waals surface area contributed by atoms with Crippen molar-refractivity contribution in [2.24, 2.45) is 10.6 Å². The summed E-state index contributed by atoms with van der Waals surface area (Å²) in [4.78, 5) is 23.3. The highest BCUT2D eigenvalue weighted by Crippen LogP contribution is 2.44. The van der Waals surface area contributed by atoms with E-state index in [1.807, 2.05) is 0 Å². The highest BCUT2D eigenvalue weighted by atomic mass is 32.2. The Labute approximate surface area is 133 Å². The number of rotatable bonds is 6. The molecule has 1 amide bonds. The Morgan fingerprint density at radius 3 is 2.48 bits per heavy atom. The van der Waals surface area contributed by atoms with Crippen molar-refractivity contribution in [2.45, 2.75) is 30.6 Å². The number of carbonyl (C=O) groups is 2. The van der Waals surface area contributed by atoms with Crippen LogP contribution in [0.3, 0.4) is 0 Å². The quantitative estimate of drug-likeness (QED) is 0.703. The number of hydrogen-bond donors (Lipinski definition) is 3. The minimum atomic E-state index is -3.93. The van der Waals surface area contributed by atoms with Crippen molar-refractivity contribution in [3.05, 3.63) is 18.2 Å². The molecule has 0 saturated heterocycles. The van der Waals surface area contributed by atoms with Gasteiger partial charge in [0, 0.05) is 6.42 Å². The van der Waals surface area contributed by atoms with Gasteiger partial charge in [-0.1, -0.05) is 6.42 Å². The van der Waals surface area contributed by atoms with Crippen LogP contribution < -0.4 is 15.2 Å². The molecule has 1 aliphatic rings. The van der Waals surface area contributed by atoms with Crippen LogP contribution in [0.5, 0.6) is 5.75 Å². The van der Waals surface area contributed by atoms with E-state index in [2.05, 4.69) is 5.32 Å². The third kappa shape index (κ3) is 3.62. The maximum absolute atomic E-state index is 12.1. The van der Waals surface area contributed by atoms with Crippen LogP contribution in [0.15, 0.2) is 23.1 Å². The number of ether oxygens (including phenoxy) is 1. The van der Waals surface area contributed by atoms with Gasteiger partial charge in [-0.3, -0.25) is 9.59 Å². The summed E-state index contributed by atoms with van der Waals surface area (Å²) in [6.07, 6.45) is 1.49. The Bertz CT molecular complexity index is 740. The average molecular weight is 342 g/mol. The molecule has 126 valence electrons. The summed E-state index contributed by atoms with van der Waals surface area (Å²) in [7, 11) is -2.56. The molecule has 0 aliphatic heterocycles. The number of amides is 1. The predicted molar refractivity (Wildman–Crippen MR) is 81.5 cm³/mol. The fourth-order valence-electron chi connectivity index (χ4n) is 2.53. The van der Waals surface area contributed by atoms with Crippen LogP contribution in [0.25, 0.3) is 0 Å². The van der Waals surface area contributed by atoms with Crippen LogP contribution in [0.1, 0.15) is 25.7 Å². The normalized spacial score (nSPS) is 16.3. The molecule has 0 heterocycles. The van der Waals surface area contributed by atoms with E-state index in [-0.39, 0.29) is 22.8 Å². The smallest absolute Gasteiger partial charge is 0.310 e. The minimum absolute atomic E-state index is 0.129. The SMILES string of the molecule is COc1ccc(S(N)(=O)=O)cc1NC(=O)CC1(C(=O)O)CCC1. The number of carbonyl (C=O) groups excluding carboxylic acids is 1. The molecule has 1 aliphatic carbocycles. The number of carboxylic acids is 1. The lowest BCUT2D eigenvalue weighted by atomic mass is 9.66. The van der Waals surface area contributed by atoms with Crippen molar-refractivity contribution >= 4 is 27.6 Å². The lowest BCUT2D eigenvalue weighted by Crippen LogP contribution is -2.41. The van der Waals surface area contributed by atoms with E-state index in [9.17, 15) is 23.1 Å². The van der Waals surface area contributed by atoms with E-state index < -0.39 is 27.3 Å². The Balaban J connectivity index is 2.21. The molecule has 4 N–H and O–H groups in total. The van der Waals surface area contributed by atoms with Crippen LogP contribution in [0.4, 0.5) is 5.69 Å². The first kappa shape index (κ1) is 17.2. The molecule has 0 unspecified atom stereocenters. The van der Waals surface area contributed by atoms with Crippen molar-refractivity contribution in [1.82, 2.24) is 0 Å². The summed E-state index contributed by atoms with van der Waals surface area (Å²) in [6, 6.07) is 3.81. The summed E-state index contributed by atoms with van der Waals surface area (Å²) in [5.41, 5.74) is -0.904. The Hall–Kier alpha value is -2.13. The van der Waals surface area contributed by atoms with Crippen LogP contribution in [-0.4, -0.2) is 32.5 Å². The molecule has 2 rings (SSSR count). The van der Waals surface area contributed by atoms with E-state index in [1.165, 1.54) is 25.3 Å². The molecule has 0 aromatic heterocycles. The number of sulfonamides is 1. The van der Waals surface area contributed by atoms with E-state index in [1.54, 1.807) is 0 Å². The molecular weight excluding hydrogens is 324 g/mol. The highest BCUT2D eigenvalue weighted by molar-refractivity contribution is 7.89. The van der Waals surface area contributed by atoms with E-state index >= 15 is 0 Å². The van der Waals surface area contributed by atoms with Gasteiger partial charge in [0.15, 0.2) is 0 Å². The molecule has 0 radical (unpaired) electrons. The Kier molecular flexibility index (Phi) is 4.62. The van der Waals surface area contributed by atoms with Gasteiger partial charge >= 0.3 is 5.97 Å². The highest BCUT2D eigenvalue weighted by Gasteiger charge is 2.45. The number of carboxylic acid groups (broad SMARTS) is 1. The number of aliphatic carboxylic acids is 1. The summed E-state index contributed by atoms with van der Waals surface area (Å²) >= 11 is 0. The summed E-state index contributed by atoms with van der Waals surface area (Å²) < 4.78 is 27.8. The standard InChI is InChI=1S/C14H18N2O6S/c1-22-11-4-3-9(23(15,20)21)7-10(11)16-12(17)8-14(13(18)19)5-2-6-14/h3-4,7H,2,5-6,8H2,1H3,(H,16,17)(H,18,19)(H2,15,20,21). The zero-order valence-corrected chi connectivity index (χ0v) is 13.4. The van der Waals surface area contributed by atoms with Crippen molar-refractivity contribution in [2.75, 3.05) is 12.4 Å². The average Bonchev–Trinajstić information content (AvgIpc) is 2.41. The first-order chi connectivity index (χ1) is 10.7. The summed E-state index contributed by atoms with van der Waals surface area (Å²) in [5.74, 6) is -1.26. The van der Waals surface area contributed by atoms with Gasteiger partial charge in [0.1, 0.15) is 5.75 Å². The van der Waals surface area contributed by atoms with Gasteiger partial charge in [-0.15, -0.1) is 0 Å². The molecule has 0 atom stereocenters. The van der Waals surface area contributed by atoms with Crippen LogP contribution in [0.2, 0.25) is 0 Å². The van der Waals surface area contributed by atoms with Crippen molar-refractivity contribution in [3.8, 4) is 5.75 Å². The first-order valence-corrected chi connectivity index (χ1v) is 8.47. The van der Waals surface area contributed by atoms with Crippen LogP contribution in [-0.2, 0) is 19.6 Å². The third-order valence-corrected chi connectivity index (χ3v) is 4.95. The van der Waals surface area contributed by atoms with Crippen molar-refractivity contribution in [3.63, 3.8) is 0 Å². The molecule has 1 fully saturated rings. The van der Waals surface area contributed by atoms with Crippen molar-refractivity contribution in [1.29, 1.82) is 0 Å². The predicted octanol–water partition coefficient (Wildman–Crippen LogP) is 0.926. The summed E-state index contributed by atoms with van der Waals surface area (Å²) in [6.45, 7) is 0. The van der Waals surface area contributed by atoms with E-state index in [0.717, 1.165) is 6.42 Å². The molecule has 8 nitrogen and oxygen atoms in total. The number of nitrogens with two attached hydrogens (primary N) is 1. The maximum atomic E-state index is 12.1. The third-order valence-electron chi connectivity index (χ3n) is 4.04. The molecular formula is C14H18N2O6S. The molecule has 1 saturated carbocycles. The minimum Gasteiger partial charge on any atom is -0.495 e. The summed E-state index contributed by atoms with van der Waals surface area (Å²) in [5, 5.41) is 16.8. The largest absolute Gasteiger partial charge is 0.495 e. The number of anilines is 1. The second-order valence-electron chi connectivity index (χ2n) is 5.57. The number of methoxy groups -OCH3 is 1. The van der Waals surface area contributed by atoms with E-state index in [0.29, 0.717) is 12.8 Å². The van der Waals surface area contributed by atoms with Crippen LogP contribution in [0, 0.1) is 5.41 Å². The number of benzene rings is 1. The van der Waals surface area contributed by atoms with Crippen molar-refractivity contribution < 1.29 is 27.9 Å². The van der Waals surface area contributed by atoms with Gasteiger partial charge < -0.3 is 15.2 Å². The topological polar surface area (TPSA) is 136 Å². The van der Waals surface area contributed by atoms with Gasteiger partial charge in [-0.2, -0.15) is 0 Å². The lowest BCUT2D eigenvalue weighted by Gasteiger charge is -2.36. The molecule has 9 heteroatoms. The van der Waals surface area contributed by atoms with Gasteiger partial charge in [-0.25, -0.2) is 13.6 Å². The number of primary sulfonamides is 1. The molecule has 0 spiro atoms. The number of hydrogen-bond acceptors (Lipinski definition) is 5. The first-order valence-electron chi connectivity index (χ1n) is 6.92.